The number of fused-ring (bicyclic) bond motifs is 1. The summed E-state index contributed by atoms with van der Waals surface area (Å²) in [7, 11) is 0. The van der Waals surface area contributed by atoms with E-state index in [-0.39, 0.29) is 11.4 Å². The fraction of sp³-hybridized carbons (Fsp3) is 0.217. The minimum absolute atomic E-state index is 0.0844. The van der Waals surface area contributed by atoms with Gasteiger partial charge in [0.1, 0.15) is 5.70 Å². The van der Waals surface area contributed by atoms with E-state index in [1.54, 1.807) is 11.3 Å². The third kappa shape index (κ3) is 3.58. The Labute approximate surface area is 163 Å². The molecule has 3 nitrogen and oxygen atoms in total. The second-order valence-electron chi connectivity index (χ2n) is 7.68. The highest BCUT2D eigenvalue weighted by atomic mass is 32.1. The van der Waals surface area contributed by atoms with Crippen LogP contribution in [0, 0.1) is 0 Å². The molecule has 0 atom stereocenters. The van der Waals surface area contributed by atoms with E-state index in [9.17, 15) is 4.79 Å². The highest BCUT2D eigenvalue weighted by Gasteiger charge is 2.24. The largest absolute Gasteiger partial charge is 0.402 e. The average molecular weight is 375 g/mol. The first kappa shape index (κ1) is 17.7. The summed E-state index contributed by atoms with van der Waals surface area (Å²) in [6.07, 6.45) is 2.52. The molecule has 2 aromatic carbocycles. The maximum absolute atomic E-state index is 12.2. The van der Waals surface area contributed by atoms with Gasteiger partial charge in [-0.2, -0.15) is 0 Å². The molecule has 4 heteroatoms. The van der Waals surface area contributed by atoms with E-state index in [2.05, 4.69) is 55.4 Å². The lowest BCUT2D eigenvalue weighted by molar-refractivity contribution is -0.130. The van der Waals surface area contributed by atoms with E-state index in [1.165, 1.54) is 21.2 Å². The van der Waals surface area contributed by atoms with Crippen LogP contribution in [0.3, 0.4) is 0 Å². The van der Waals surface area contributed by atoms with Crippen molar-refractivity contribution in [1.29, 1.82) is 0 Å². The Morgan fingerprint density at radius 1 is 1.07 bits per heavy atom. The maximum atomic E-state index is 12.2. The van der Waals surface area contributed by atoms with E-state index in [1.807, 2.05) is 30.3 Å². The zero-order chi connectivity index (χ0) is 19.0. The molecule has 1 aliphatic rings. The topological polar surface area (TPSA) is 38.7 Å². The number of hydrogen-bond donors (Lipinski definition) is 0. The van der Waals surface area contributed by atoms with Gasteiger partial charge in [-0.3, -0.25) is 0 Å². The van der Waals surface area contributed by atoms with Crippen molar-refractivity contribution in [3.05, 3.63) is 82.4 Å². The Morgan fingerprint density at radius 3 is 2.56 bits per heavy atom. The Balaban J connectivity index is 1.56. The Bertz CT molecular complexity index is 1070. The van der Waals surface area contributed by atoms with Crippen molar-refractivity contribution in [1.82, 2.24) is 0 Å². The minimum atomic E-state index is -0.385. The molecule has 0 unspecified atom stereocenters. The first-order valence-corrected chi connectivity index (χ1v) is 9.87. The third-order valence-electron chi connectivity index (χ3n) is 4.69. The lowest BCUT2D eigenvalue weighted by Gasteiger charge is -2.18. The molecule has 3 aromatic rings. The molecule has 0 spiro atoms. The number of rotatable bonds is 3. The van der Waals surface area contributed by atoms with E-state index in [0.717, 1.165) is 5.56 Å². The van der Waals surface area contributed by atoms with Crippen molar-refractivity contribution in [2.45, 2.75) is 32.6 Å². The molecule has 2 heterocycles. The average Bonchev–Trinajstić information content (AvgIpc) is 3.23. The van der Waals surface area contributed by atoms with Crippen molar-refractivity contribution >= 4 is 33.3 Å². The summed E-state index contributed by atoms with van der Waals surface area (Å²) in [6.45, 7) is 6.51. The second-order valence-corrected chi connectivity index (χ2v) is 8.60. The lowest BCUT2D eigenvalue weighted by atomic mass is 9.87. The second kappa shape index (κ2) is 6.78. The van der Waals surface area contributed by atoms with Crippen molar-refractivity contribution < 1.29 is 9.53 Å². The number of allylic oxidation sites excluding steroid dienone is 1. The van der Waals surface area contributed by atoms with Crippen LogP contribution >= 0.6 is 11.3 Å². The van der Waals surface area contributed by atoms with Crippen LogP contribution in [0.15, 0.2) is 70.7 Å². The molecule has 4 rings (SSSR count). The molecule has 1 aromatic heterocycles. The number of carbonyl (C=O) groups is 1. The normalized spacial score (nSPS) is 16.0. The molecule has 0 bridgehead atoms. The number of cyclic esters (lactones) is 1. The number of benzene rings is 2. The summed E-state index contributed by atoms with van der Waals surface area (Å²) in [5.41, 5.74) is 3.72. The highest BCUT2D eigenvalue weighted by Crippen LogP contribution is 2.27. The summed E-state index contributed by atoms with van der Waals surface area (Å²) in [5.74, 6) is -0.00804. The van der Waals surface area contributed by atoms with E-state index < -0.39 is 0 Å². The number of carbonyl (C=O) groups excluding carboxylic acids is 1. The maximum Gasteiger partial charge on any atom is 0.363 e. The SMILES string of the molecule is CC(C)(C)c1ccc(C2=N/C(=C/Cc3csc4ccccc34)C(=O)O2)cc1. The summed E-state index contributed by atoms with van der Waals surface area (Å²) < 4.78 is 6.64. The Kier molecular flexibility index (Phi) is 4.44. The summed E-state index contributed by atoms with van der Waals surface area (Å²) in [5, 5.41) is 3.37. The number of ether oxygens (including phenoxy) is 1. The van der Waals surface area contributed by atoms with Gasteiger partial charge < -0.3 is 4.74 Å². The van der Waals surface area contributed by atoms with Crippen molar-refractivity contribution in [3.8, 4) is 0 Å². The van der Waals surface area contributed by atoms with Crippen LogP contribution in [0.4, 0.5) is 0 Å². The predicted octanol–water partition coefficient (Wildman–Crippen LogP) is 5.63. The molecule has 27 heavy (non-hydrogen) atoms. The molecule has 0 amide bonds. The van der Waals surface area contributed by atoms with Crippen LogP contribution in [0.5, 0.6) is 0 Å². The molecule has 0 radical (unpaired) electrons. The van der Waals surface area contributed by atoms with Gasteiger partial charge in [0.05, 0.1) is 0 Å². The van der Waals surface area contributed by atoms with Gasteiger partial charge in [-0.25, -0.2) is 9.79 Å². The van der Waals surface area contributed by atoms with Crippen LogP contribution in [0.2, 0.25) is 0 Å². The number of esters is 1. The van der Waals surface area contributed by atoms with Gasteiger partial charge >= 0.3 is 5.97 Å². The van der Waals surface area contributed by atoms with Crippen LogP contribution in [-0.4, -0.2) is 11.9 Å². The van der Waals surface area contributed by atoms with Gasteiger partial charge in [-0.15, -0.1) is 11.3 Å². The van der Waals surface area contributed by atoms with Crippen molar-refractivity contribution in [2.24, 2.45) is 4.99 Å². The zero-order valence-corrected chi connectivity index (χ0v) is 16.5. The van der Waals surface area contributed by atoms with Gasteiger partial charge in [0.15, 0.2) is 0 Å². The summed E-state index contributed by atoms with van der Waals surface area (Å²) >= 11 is 1.72. The Morgan fingerprint density at radius 2 is 1.81 bits per heavy atom. The highest BCUT2D eigenvalue weighted by molar-refractivity contribution is 7.17. The van der Waals surface area contributed by atoms with Gasteiger partial charge in [-0.05, 0) is 58.0 Å². The molecular formula is C23H21NO2S. The molecule has 0 saturated carbocycles. The smallest absolute Gasteiger partial charge is 0.363 e. The summed E-state index contributed by atoms with van der Waals surface area (Å²) in [4.78, 5) is 16.6. The monoisotopic (exact) mass is 375 g/mol. The third-order valence-corrected chi connectivity index (χ3v) is 5.71. The molecular weight excluding hydrogens is 354 g/mol. The van der Waals surface area contributed by atoms with Crippen LogP contribution in [0.25, 0.3) is 10.1 Å². The van der Waals surface area contributed by atoms with Gasteiger partial charge in [0.25, 0.3) is 0 Å². The van der Waals surface area contributed by atoms with Crippen LogP contribution < -0.4 is 0 Å². The van der Waals surface area contributed by atoms with Crippen LogP contribution in [-0.2, 0) is 21.4 Å². The van der Waals surface area contributed by atoms with E-state index in [4.69, 9.17) is 4.74 Å². The fourth-order valence-corrected chi connectivity index (χ4v) is 4.06. The number of thiophene rings is 1. The van der Waals surface area contributed by atoms with Crippen molar-refractivity contribution in [3.63, 3.8) is 0 Å². The number of hydrogen-bond acceptors (Lipinski definition) is 4. The molecule has 0 N–H and O–H groups in total. The molecule has 0 fully saturated rings. The first-order valence-electron chi connectivity index (χ1n) is 8.99. The predicted molar refractivity (Wildman–Crippen MR) is 111 cm³/mol. The Hall–Kier alpha value is -2.72. The molecule has 1 aliphatic heterocycles. The quantitative estimate of drug-likeness (QED) is 0.440. The zero-order valence-electron chi connectivity index (χ0n) is 15.7. The number of nitrogens with zero attached hydrogens (tertiary/aromatic N) is 1. The number of aliphatic imine (C=N–C) groups is 1. The fourth-order valence-electron chi connectivity index (χ4n) is 3.08. The van der Waals surface area contributed by atoms with Gasteiger partial charge in [-0.1, -0.05) is 51.1 Å². The molecule has 136 valence electrons. The van der Waals surface area contributed by atoms with Gasteiger partial charge in [0, 0.05) is 10.3 Å². The molecule has 0 saturated heterocycles. The molecule has 0 aliphatic carbocycles. The minimum Gasteiger partial charge on any atom is -0.402 e. The first-order chi connectivity index (χ1) is 12.9. The lowest BCUT2D eigenvalue weighted by Crippen LogP contribution is -2.11. The standard InChI is InChI=1S/C23H21NO2S/c1-23(2,3)17-11-8-15(9-12-17)21-24-19(22(25)26-21)13-10-16-14-27-20-7-5-4-6-18(16)20/h4-9,11-14H,10H2,1-3H3/b19-13+. The summed E-state index contributed by atoms with van der Waals surface area (Å²) in [6, 6.07) is 16.3. The van der Waals surface area contributed by atoms with E-state index >= 15 is 0 Å². The van der Waals surface area contributed by atoms with E-state index in [0.29, 0.717) is 18.0 Å². The van der Waals surface area contributed by atoms with Crippen LogP contribution in [0.1, 0.15) is 37.5 Å². The van der Waals surface area contributed by atoms with Crippen molar-refractivity contribution in [2.75, 3.05) is 0 Å². The van der Waals surface area contributed by atoms with Gasteiger partial charge in [0.2, 0.25) is 5.90 Å².